The Balaban J connectivity index is 2.14. The van der Waals surface area contributed by atoms with Crippen molar-refractivity contribution in [1.29, 1.82) is 0 Å². The highest BCUT2D eigenvalue weighted by molar-refractivity contribution is 6.30. The van der Waals surface area contributed by atoms with E-state index in [0.717, 1.165) is 5.56 Å². The number of anilines is 1. The molecule has 2 rings (SSSR count). The highest BCUT2D eigenvalue weighted by atomic mass is 35.5. The first kappa shape index (κ1) is 9.95. The fraction of sp³-hybridized carbons (Fsp3) is 0.111. The standard InChI is InChI=1S/C9H9ClN4O/c10-7-3-1-2-6(4-7)5-8-12-9(13-11)15-14-8/h1-4H,5,11H2,(H,12,13,14). The minimum atomic E-state index is 0.201. The van der Waals surface area contributed by atoms with Crippen molar-refractivity contribution in [2.45, 2.75) is 6.42 Å². The normalized spacial score (nSPS) is 10.3. The maximum atomic E-state index is 5.85. The molecule has 0 aliphatic carbocycles. The molecule has 0 amide bonds. The molecular formula is C9H9ClN4O. The van der Waals surface area contributed by atoms with Crippen LogP contribution in [0.4, 0.5) is 6.01 Å². The monoisotopic (exact) mass is 224 g/mol. The van der Waals surface area contributed by atoms with Crippen LogP contribution in [0, 0.1) is 0 Å². The Morgan fingerprint density at radius 3 is 3.00 bits per heavy atom. The zero-order valence-electron chi connectivity index (χ0n) is 7.77. The molecule has 5 nitrogen and oxygen atoms in total. The third kappa shape index (κ3) is 2.45. The average molecular weight is 225 g/mol. The average Bonchev–Trinajstić information content (AvgIpc) is 2.65. The molecule has 0 atom stereocenters. The lowest BCUT2D eigenvalue weighted by Gasteiger charge is -1.96. The van der Waals surface area contributed by atoms with E-state index in [-0.39, 0.29) is 6.01 Å². The van der Waals surface area contributed by atoms with Crippen molar-refractivity contribution in [3.05, 3.63) is 40.7 Å². The number of nitrogens with one attached hydrogen (secondary N) is 1. The number of benzene rings is 1. The van der Waals surface area contributed by atoms with Gasteiger partial charge in [0.05, 0.1) is 0 Å². The Kier molecular flexibility index (Phi) is 2.84. The Hall–Kier alpha value is -1.59. The molecule has 3 N–H and O–H groups in total. The van der Waals surface area contributed by atoms with Crippen LogP contribution in [0.2, 0.25) is 5.02 Å². The van der Waals surface area contributed by atoms with Crippen LogP contribution in [-0.4, -0.2) is 10.1 Å². The lowest BCUT2D eigenvalue weighted by molar-refractivity contribution is 0.424. The van der Waals surface area contributed by atoms with Gasteiger partial charge in [0.2, 0.25) is 0 Å². The van der Waals surface area contributed by atoms with E-state index in [2.05, 4.69) is 15.6 Å². The van der Waals surface area contributed by atoms with E-state index >= 15 is 0 Å². The van der Waals surface area contributed by atoms with E-state index < -0.39 is 0 Å². The van der Waals surface area contributed by atoms with Crippen molar-refractivity contribution in [2.75, 3.05) is 5.43 Å². The van der Waals surface area contributed by atoms with Gasteiger partial charge in [-0.1, -0.05) is 28.9 Å². The smallest absolute Gasteiger partial charge is 0.314 e. The molecule has 1 aromatic heterocycles. The number of nitrogens with zero attached hydrogens (tertiary/aromatic N) is 2. The minimum Gasteiger partial charge on any atom is -0.314 e. The predicted octanol–water partition coefficient (Wildman–Crippen LogP) is 1.60. The highest BCUT2D eigenvalue weighted by Gasteiger charge is 2.05. The van der Waals surface area contributed by atoms with Crippen molar-refractivity contribution < 1.29 is 4.52 Å². The van der Waals surface area contributed by atoms with Gasteiger partial charge in [0.25, 0.3) is 0 Å². The third-order valence-corrected chi connectivity index (χ3v) is 2.08. The zero-order chi connectivity index (χ0) is 10.7. The van der Waals surface area contributed by atoms with Crippen LogP contribution >= 0.6 is 11.6 Å². The van der Waals surface area contributed by atoms with Crippen LogP contribution < -0.4 is 11.3 Å². The summed E-state index contributed by atoms with van der Waals surface area (Å²) >= 11 is 5.85. The summed E-state index contributed by atoms with van der Waals surface area (Å²) in [5.74, 6) is 5.67. The van der Waals surface area contributed by atoms with E-state index in [0.29, 0.717) is 17.3 Å². The van der Waals surface area contributed by atoms with Gasteiger partial charge in [-0.05, 0) is 17.7 Å². The molecule has 0 spiro atoms. The van der Waals surface area contributed by atoms with Crippen molar-refractivity contribution in [3.8, 4) is 0 Å². The largest absolute Gasteiger partial charge is 0.335 e. The molecule has 2 aromatic rings. The van der Waals surface area contributed by atoms with Crippen LogP contribution in [0.25, 0.3) is 0 Å². The van der Waals surface area contributed by atoms with Crippen LogP contribution in [0.3, 0.4) is 0 Å². The number of halogens is 1. The maximum absolute atomic E-state index is 5.85. The van der Waals surface area contributed by atoms with Gasteiger partial charge in [-0.2, -0.15) is 4.98 Å². The van der Waals surface area contributed by atoms with Gasteiger partial charge in [-0.3, -0.25) is 5.43 Å². The first-order valence-corrected chi connectivity index (χ1v) is 4.69. The second-order valence-electron chi connectivity index (χ2n) is 2.97. The summed E-state index contributed by atoms with van der Waals surface area (Å²) in [5, 5.41) is 4.43. The molecule has 1 aromatic carbocycles. The second kappa shape index (κ2) is 4.29. The van der Waals surface area contributed by atoms with Crippen molar-refractivity contribution in [3.63, 3.8) is 0 Å². The molecule has 0 unspecified atom stereocenters. The summed E-state index contributed by atoms with van der Waals surface area (Å²) in [7, 11) is 0. The van der Waals surface area contributed by atoms with Crippen molar-refractivity contribution >= 4 is 17.6 Å². The summed E-state index contributed by atoms with van der Waals surface area (Å²) in [6, 6.07) is 7.69. The van der Waals surface area contributed by atoms with Crippen molar-refractivity contribution in [2.24, 2.45) is 5.84 Å². The minimum absolute atomic E-state index is 0.201. The Labute approximate surface area is 91.2 Å². The molecule has 0 aliphatic heterocycles. The Morgan fingerprint density at radius 2 is 2.33 bits per heavy atom. The molecule has 0 aliphatic rings. The number of rotatable bonds is 3. The van der Waals surface area contributed by atoms with Gasteiger partial charge in [-0.15, -0.1) is 0 Å². The molecule has 78 valence electrons. The Morgan fingerprint density at radius 1 is 1.47 bits per heavy atom. The Bertz CT molecular complexity index is 457. The molecule has 0 saturated heterocycles. The maximum Gasteiger partial charge on any atom is 0.335 e. The number of aromatic nitrogens is 2. The van der Waals surface area contributed by atoms with Gasteiger partial charge < -0.3 is 4.52 Å². The fourth-order valence-corrected chi connectivity index (χ4v) is 1.43. The summed E-state index contributed by atoms with van der Waals surface area (Å²) in [6.45, 7) is 0. The van der Waals surface area contributed by atoms with E-state index in [9.17, 15) is 0 Å². The number of hydrogen-bond acceptors (Lipinski definition) is 5. The third-order valence-electron chi connectivity index (χ3n) is 1.84. The summed E-state index contributed by atoms with van der Waals surface area (Å²) in [4.78, 5) is 4.00. The number of hydrazine groups is 1. The van der Waals surface area contributed by atoms with Gasteiger partial charge in [0.1, 0.15) is 0 Å². The lowest BCUT2D eigenvalue weighted by Crippen LogP contribution is -2.06. The molecule has 15 heavy (non-hydrogen) atoms. The van der Waals surface area contributed by atoms with Gasteiger partial charge >= 0.3 is 6.01 Å². The number of nitrogen functional groups attached to an aromatic ring is 1. The van der Waals surface area contributed by atoms with Gasteiger partial charge in [0, 0.05) is 11.4 Å². The van der Waals surface area contributed by atoms with Gasteiger partial charge in [0.15, 0.2) is 5.82 Å². The SMILES string of the molecule is NNc1nc(Cc2cccc(Cl)c2)no1. The number of hydrogen-bond donors (Lipinski definition) is 2. The van der Waals surface area contributed by atoms with Crippen LogP contribution in [-0.2, 0) is 6.42 Å². The summed E-state index contributed by atoms with van der Waals surface area (Å²) in [5.41, 5.74) is 3.30. The highest BCUT2D eigenvalue weighted by Crippen LogP contribution is 2.13. The quantitative estimate of drug-likeness (QED) is 0.612. The van der Waals surface area contributed by atoms with Crippen molar-refractivity contribution in [1.82, 2.24) is 10.1 Å². The fourth-order valence-electron chi connectivity index (χ4n) is 1.21. The lowest BCUT2D eigenvalue weighted by atomic mass is 10.1. The van der Waals surface area contributed by atoms with E-state index in [4.69, 9.17) is 22.0 Å². The summed E-state index contributed by atoms with van der Waals surface area (Å²) in [6.07, 6.45) is 0.561. The van der Waals surface area contributed by atoms with Crippen LogP contribution in [0.15, 0.2) is 28.8 Å². The van der Waals surface area contributed by atoms with Crippen LogP contribution in [0.1, 0.15) is 11.4 Å². The molecule has 0 fully saturated rings. The summed E-state index contributed by atoms with van der Waals surface area (Å²) < 4.78 is 4.79. The molecule has 0 saturated carbocycles. The van der Waals surface area contributed by atoms with E-state index in [1.807, 2.05) is 24.3 Å². The second-order valence-corrected chi connectivity index (χ2v) is 3.40. The molecule has 1 heterocycles. The van der Waals surface area contributed by atoms with E-state index in [1.54, 1.807) is 0 Å². The topological polar surface area (TPSA) is 77.0 Å². The van der Waals surface area contributed by atoms with Gasteiger partial charge in [-0.25, -0.2) is 5.84 Å². The molecular weight excluding hydrogens is 216 g/mol. The first-order valence-electron chi connectivity index (χ1n) is 4.31. The van der Waals surface area contributed by atoms with Crippen LogP contribution in [0.5, 0.6) is 0 Å². The molecule has 6 heteroatoms. The molecule has 0 bridgehead atoms. The van der Waals surface area contributed by atoms with E-state index in [1.165, 1.54) is 0 Å². The zero-order valence-corrected chi connectivity index (χ0v) is 8.53. The first-order chi connectivity index (χ1) is 7.28. The molecule has 0 radical (unpaired) electrons. The predicted molar refractivity (Wildman–Crippen MR) is 56.4 cm³/mol. The number of nitrogens with two attached hydrogens (primary N) is 1.